The third-order valence-electron chi connectivity index (χ3n) is 3.92. The van der Waals surface area contributed by atoms with Crippen molar-refractivity contribution in [2.75, 3.05) is 13.1 Å². The Morgan fingerprint density at radius 2 is 2.17 bits per heavy atom. The highest BCUT2D eigenvalue weighted by molar-refractivity contribution is 5.93. The summed E-state index contributed by atoms with van der Waals surface area (Å²) in [4.78, 5) is 14.1. The maximum absolute atomic E-state index is 12.3. The molecule has 1 amide bonds. The highest BCUT2D eigenvalue weighted by Gasteiger charge is 2.44. The van der Waals surface area contributed by atoms with E-state index in [1.165, 1.54) is 0 Å². The third kappa shape index (κ3) is 2.03. The van der Waals surface area contributed by atoms with Gasteiger partial charge in [-0.2, -0.15) is 5.10 Å². The Morgan fingerprint density at radius 1 is 1.56 bits per heavy atom. The lowest BCUT2D eigenvalue weighted by atomic mass is 9.80. The number of aromatic nitrogens is 2. The van der Waals surface area contributed by atoms with Gasteiger partial charge in [0.15, 0.2) is 0 Å². The summed E-state index contributed by atoms with van der Waals surface area (Å²) < 4.78 is 1.66. The van der Waals surface area contributed by atoms with E-state index in [1.807, 2.05) is 20.0 Å². The number of hydrogen-bond donors (Lipinski definition) is 1. The van der Waals surface area contributed by atoms with Gasteiger partial charge < -0.3 is 10.6 Å². The molecule has 0 aromatic carbocycles. The summed E-state index contributed by atoms with van der Waals surface area (Å²) in [5.41, 5.74) is 7.58. The lowest BCUT2D eigenvalue weighted by Gasteiger charge is -2.50. The first-order valence-corrected chi connectivity index (χ1v) is 6.48. The van der Waals surface area contributed by atoms with Crippen molar-refractivity contribution >= 4 is 5.91 Å². The molecule has 0 saturated carbocycles. The van der Waals surface area contributed by atoms with Crippen LogP contribution in [-0.2, 0) is 13.5 Å². The molecular formula is C13H22N4O. The van der Waals surface area contributed by atoms with E-state index < -0.39 is 0 Å². The minimum Gasteiger partial charge on any atom is -0.333 e. The molecule has 0 atom stereocenters. The maximum atomic E-state index is 12.3. The van der Waals surface area contributed by atoms with Crippen molar-refractivity contribution in [3.8, 4) is 0 Å². The van der Waals surface area contributed by atoms with Gasteiger partial charge in [-0.3, -0.25) is 9.48 Å². The molecule has 1 aromatic heterocycles. The highest BCUT2D eigenvalue weighted by atomic mass is 16.2. The summed E-state index contributed by atoms with van der Waals surface area (Å²) in [5.74, 6) is 0.422. The minimum absolute atomic E-state index is 0.0337. The number of likely N-dealkylation sites (tertiary alicyclic amines) is 1. The van der Waals surface area contributed by atoms with Crippen molar-refractivity contribution in [1.82, 2.24) is 14.7 Å². The van der Waals surface area contributed by atoms with Crippen molar-refractivity contribution in [3.05, 3.63) is 17.5 Å². The molecule has 5 heteroatoms. The summed E-state index contributed by atoms with van der Waals surface area (Å²) in [5, 5.41) is 4.30. The normalized spacial score (nSPS) is 18.0. The van der Waals surface area contributed by atoms with Gasteiger partial charge in [-0.25, -0.2) is 0 Å². The zero-order chi connectivity index (χ0) is 13.5. The molecule has 2 rings (SSSR count). The number of nitrogens with two attached hydrogens (primary N) is 1. The number of carbonyl (C=O) groups is 1. The van der Waals surface area contributed by atoms with Crippen LogP contribution in [0, 0.1) is 5.92 Å². The molecule has 100 valence electrons. The van der Waals surface area contributed by atoms with Crippen LogP contribution in [-0.4, -0.2) is 39.2 Å². The molecule has 1 saturated heterocycles. The van der Waals surface area contributed by atoms with Crippen molar-refractivity contribution in [1.29, 1.82) is 0 Å². The Kier molecular flexibility index (Phi) is 3.19. The fourth-order valence-electron chi connectivity index (χ4n) is 2.23. The van der Waals surface area contributed by atoms with Gasteiger partial charge in [0, 0.05) is 20.1 Å². The number of amides is 1. The van der Waals surface area contributed by atoms with Gasteiger partial charge in [-0.05, 0) is 18.4 Å². The second-order valence-electron chi connectivity index (χ2n) is 5.55. The topological polar surface area (TPSA) is 64.2 Å². The molecule has 1 aliphatic rings. The van der Waals surface area contributed by atoms with Crippen LogP contribution in [0.3, 0.4) is 0 Å². The maximum Gasteiger partial charge on any atom is 0.272 e. The van der Waals surface area contributed by atoms with Crippen LogP contribution in [0.1, 0.15) is 37.0 Å². The highest BCUT2D eigenvalue weighted by Crippen LogP contribution is 2.27. The van der Waals surface area contributed by atoms with Gasteiger partial charge in [-0.15, -0.1) is 0 Å². The van der Waals surface area contributed by atoms with Crippen LogP contribution < -0.4 is 5.73 Å². The fraction of sp³-hybridized carbons (Fsp3) is 0.692. The first-order chi connectivity index (χ1) is 8.37. The summed E-state index contributed by atoms with van der Waals surface area (Å²) in [6, 6.07) is 1.87. The predicted molar refractivity (Wildman–Crippen MR) is 70.2 cm³/mol. The standard InChI is InChI=1S/C13H22N4O/c1-5-10-6-11(16(4)15-10)12(18)17-7-13(14,8-17)9(2)3/h6,9H,5,7-8,14H2,1-4H3. The summed E-state index contributed by atoms with van der Waals surface area (Å²) in [7, 11) is 1.81. The molecule has 0 bridgehead atoms. The lowest BCUT2D eigenvalue weighted by Crippen LogP contribution is -2.71. The number of aryl methyl sites for hydroxylation is 2. The monoisotopic (exact) mass is 250 g/mol. The predicted octanol–water partition coefficient (Wildman–Crippen LogP) is 0.792. The zero-order valence-corrected chi connectivity index (χ0v) is 11.6. The van der Waals surface area contributed by atoms with Crippen LogP contribution >= 0.6 is 0 Å². The molecule has 2 N–H and O–H groups in total. The Labute approximate surface area is 108 Å². The van der Waals surface area contributed by atoms with E-state index in [0.29, 0.717) is 24.7 Å². The quantitative estimate of drug-likeness (QED) is 0.862. The molecule has 18 heavy (non-hydrogen) atoms. The van der Waals surface area contributed by atoms with Gasteiger partial charge in [0.25, 0.3) is 5.91 Å². The van der Waals surface area contributed by atoms with E-state index in [-0.39, 0.29) is 11.4 Å². The molecular weight excluding hydrogens is 228 g/mol. The van der Waals surface area contributed by atoms with E-state index in [0.717, 1.165) is 12.1 Å². The van der Waals surface area contributed by atoms with Gasteiger partial charge in [0.2, 0.25) is 0 Å². The van der Waals surface area contributed by atoms with Crippen LogP contribution in [0.15, 0.2) is 6.07 Å². The van der Waals surface area contributed by atoms with E-state index in [9.17, 15) is 4.79 Å². The van der Waals surface area contributed by atoms with E-state index in [4.69, 9.17) is 5.73 Å². The van der Waals surface area contributed by atoms with Gasteiger partial charge in [-0.1, -0.05) is 20.8 Å². The van der Waals surface area contributed by atoms with Crippen molar-refractivity contribution < 1.29 is 4.79 Å². The average molecular weight is 250 g/mol. The van der Waals surface area contributed by atoms with Crippen LogP contribution in [0.5, 0.6) is 0 Å². The van der Waals surface area contributed by atoms with Crippen LogP contribution in [0.2, 0.25) is 0 Å². The van der Waals surface area contributed by atoms with Gasteiger partial charge >= 0.3 is 0 Å². The molecule has 0 unspecified atom stereocenters. The Balaban J connectivity index is 2.08. The van der Waals surface area contributed by atoms with Gasteiger partial charge in [0.1, 0.15) is 5.69 Å². The summed E-state index contributed by atoms with van der Waals surface area (Å²) >= 11 is 0. The van der Waals surface area contributed by atoms with Crippen molar-refractivity contribution in [2.24, 2.45) is 18.7 Å². The number of rotatable bonds is 3. The average Bonchev–Trinajstić information content (AvgIpc) is 2.65. The molecule has 1 fully saturated rings. The molecule has 2 heterocycles. The van der Waals surface area contributed by atoms with Crippen molar-refractivity contribution in [2.45, 2.75) is 32.7 Å². The minimum atomic E-state index is -0.220. The zero-order valence-electron chi connectivity index (χ0n) is 11.6. The van der Waals surface area contributed by atoms with E-state index in [2.05, 4.69) is 18.9 Å². The summed E-state index contributed by atoms with van der Waals surface area (Å²) in [6.45, 7) is 7.50. The molecule has 5 nitrogen and oxygen atoms in total. The number of carbonyl (C=O) groups excluding carboxylic acids is 1. The first kappa shape index (κ1) is 13.1. The molecule has 0 aliphatic carbocycles. The Hall–Kier alpha value is -1.36. The van der Waals surface area contributed by atoms with Crippen LogP contribution in [0.4, 0.5) is 0 Å². The molecule has 0 radical (unpaired) electrons. The second-order valence-corrected chi connectivity index (χ2v) is 5.55. The fourth-order valence-corrected chi connectivity index (χ4v) is 2.23. The van der Waals surface area contributed by atoms with Crippen LogP contribution in [0.25, 0.3) is 0 Å². The van der Waals surface area contributed by atoms with Gasteiger partial charge in [0.05, 0.1) is 11.2 Å². The molecule has 0 spiro atoms. The molecule has 1 aliphatic heterocycles. The van der Waals surface area contributed by atoms with Crippen molar-refractivity contribution in [3.63, 3.8) is 0 Å². The van der Waals surface area contributed by atoms with E-state index in [1.54, 1.807) is 9.58 Å². The number of nitrogens with zero attached hydrogens (tertiary/aromatic N) is 3. The first-order valence-electron chi connectivity index (χ1n) is 6.48. The summed E-state index contributed by atoms with van der Waals surface area (Å²) in [6.07, 6.45) is 0.841. The largest absolute Gasteiger partial charge is 0.333 e. The lowest BCUT2D eigenvalue weighted by molar-refractivity contribution is 0.0265. The Bertz CT molecular complexity index is 458. The smallest absolute Gasteiger partial charge is 0.272 e. The second kappa shape index (κ2) is 4.39. The third-order valence-corrected chi connectivity index (χ3v) is 3.92. The van der Waals surface area contributed by atoms with E-state index >= 15 is 0 Å². The Morgan fingerprint density at radius 3 is 2.61 bits per heavy atom. The number of hydrogen-bond acceptors (Lipinski definition) is 3. The SMILES string of the molecule is CCc1cc(C(=O)N2CC(N)(C(C)C)C2)n(C)n1. The molecule has 1 aromatic rings.